The molecule has 1 aliphatic heterocycles. The Morgan fingerprint density at radius 2 is 2.28 bits per heavy atom. The number of carboxylic acids is 1. The summed E-state index contributed by atoms with van der Waals surface area (Å²) in [5, 5.41) is 8.87. The quantitative estimate of drug-likeness (QED) is 0.924. The molecule has 0 spiro atoms. The number of carbonyl (C=O) groups excluding carboxylic acids is 1. The monoisotopic (exact) mass is 287 g/mol. The van der Waals surface area contributed by atoms with Crippen molar-refractivity contribution in [1.82, 2.24) is 4.90 Å². The van der Waals surface area contributed by atoms with Gasteiger partial charge in [0, 0.05) is 24.4 Å². The van der Waals surface area contributed by atoms with Gasteiger partial charge in [-0.05, 0) is 25.0 Å². The molecule has 1 aromatic rings. The summed E-state index contributed by atoms with van der Waals surface area (Å²) in [5.41, 5.74) is 0. The van der Waals surface area contributed by atoms with Crippen LogP contribution < -0.4 is 0 Å². The van der Waals surface area contributed by atoms with E-state index in [0.29, 0.717) is 32.4 Å². The molecule has 0 aromatic carbocycles. The number of hydrogen-bond acceptors (Lipinski definition) is 3. The average Bonchev–Trinajstić information content (AvgIpc) is 2.94. The number of aryl methyl sites for hydroxylation is 1. The third kappa shape index (κ3) is 3.23. The van der Waals surface area contributed by atoms with Crippen molar-refractivity contribution in [3.8, 4) is 0 Å². The molecule has 2 rings (SSSR count). The molecule has 2 heterocycles. The molecule has 1 aromatic heterocycles. The fraction of sp³-hybridized carbons (Fsp3) is 0.500. The van der Waals surface area contributed by atoms with Crippen molar-refractivity contribution in [2.75, 3.05) is 13.1 Å². The lowest BCUT2D eigenvalue weighted by Gasteiger charge is -2.15. The molecule has 0 saturated carbocycles. The van der Waals surface area contributed by atoms with Gasteiger partial charge in [-0.1, -0.05) is 11.6 Å². The summed E-state index contributed by atoms with van der Waals surface area (Å²) >= 11 is 7.29. The smallest absolute Gasteiger partial charge is 0.308 e. The molecule has 4 nitrogen and oxygen atoms in total. The van der Waals surface area contributed by atoms with Crippen LogP contribution in [0.15, 0.2) is 12.1 Å². The van der Waals surface area contributed by atoms with Crippen molar-refractivity contribution in [2.45, 2.75) is 19.3 Å². The number of thiophene rings is 1. The third-order valence-electron chi connectivity index (χ3n) is 3.10. The second kappa shape index (κ2) is 5.71. The highest BCUT2D eigenvalue weighted by atomic mass is 35.5. The molecule has 1 N–H and O–H groups in total. The molecular weight excluding hydrogens is 274 g/mol. The number of carboxylic acid groups (broad SMARTS) is 1. The molecule has 1 saturated heterocycles. The van der Waals surface area contributed by atoms with Crippen LogP contribution in [0.2, 0.25) is 4.34 Å². The van der Waals surface area contributed by atoms with E-state index in [9.17, 15) is 9.59 Å². The lowest BCUT2D eigenvalue weighted by Crippen LogP contribution is -2.30. The highest BCUT2D eigenvalue weighted by molar-refractivity contribution is 7.16. The number of aliphatic carboxylic acids is 1. The van der Waals surface area contributed by atoms with Crippen LogP contribution in [0.4, 0.5) is 0 Å². The molecule has 6 heteroatoms. The van der Waals surface area contributed by atoms with Crippen LogP contribution in [0.3, 0.4) is 0 Å². The van der Waals surface area contributed by atoms with Crippen LogP contribution in [0.1, 0.15) is 17.7 Å². The lowest BCUT2D eigenvalue weighted by molar-refractivity contribution is -0.141. The molecular formula is C12H14ClNO3S. The largest absolute Gasteiger partial charge is 0.481 e. The predicted octanol–water partition coefficient (Wildman–Crippen LogP) is 2.27. The molecule has 0 unspecified atom stereocenters. The van der Waals surface area contributed by atoms with Gasteiger partial charge in [0.25, 0.3) is 0 Å². The maximum absolute atomic E-state index is 11.9. The minimum absolute atomic E-state index is 0.0308. The summed E-state index contributed by atoms with van der Waals surface area (Å²) in [6.45, 7) is 0.903. The summed E-state index contributed by atoms with van der Waals surface area (Å²) in [4.78, 5) is 25.4. The standard InChI is InChI=1S/C12H14ClNO3S/c13-10-3-1-9(18-10)2-4-11(15)14-6-5-8(7-14)12(16)17/h1,3,8H,2,4-7H2,(H,16,17)/t8-/m0/s1. The highest BCUT2D eigenvalue weighted by Gasteiger charge is 2.30. The van der Waals surface area contributed by atoms with E-state index in [-0.39, 0.29) is 5.91 Å². The van der Waals surface area contributed by atoms with Gasteiger partial charge in [-0.2, -0.15) is 0 Å². The van der Waals surface area contributed by atoms with Crippen molar-refractivity contribution >= 4 is 34.8 Å². The van der Waals surface area contributed by atoms with Gasteiger partial charge in [-0.15, -0.1) is 11.3 Å². The molecule has 1 fully saturated rings. The molecule has 98 valence electrons. The summed E-state index contributed by atoms with van der Waals surface area (Å²) in [6.07, 6.45) is 1.65. The van der Waals surface area contributed by atoms with Crippen LogP contribution in [-0.4, -0.2) is 35.0 Å². The molecule has 1 atom stereocenters. The van der Waals surface area contributed by atoms with E-state index < -0.39 is 11.9 Å². The number of carbonyl (C=O) groups is 2. The van der Waals surface area contributed by atoms with E-state index >= 15 is 0 Å². The van der Waals surface area contributed by atoms with Gasteiger partial charge in [0.15, 0.2) is 0 Å². The van der Waals surface area contributed by atoms with Gasteiger partial charge in [-0.25, -0.2) is 0 Å². The van der Waals surface area contributed by atoms with Crippen LogP contribution >= 0.6 is 22.9 Å². The highest BCUT2D eigenvalue weighted by Crippen LogP contribution is 2.23. The van der Waals surface area contributed by atoms with E-state index in [1.54, 1.807) is 4.90 Å². The normalized spacial score (nSPS) is 19.2. The predicted molar refractivity (Wildman–Crippen MR) is 70.0 cm³/mol. The number of rotatable bonds is 4. The van der Waals surface area contributed by atoms with Crippen LogP contribution in [0.25, 0.3) is 0 Å². The Kier molecular flexibility index (Phi) is 4.24. The van der Waals surface area contributed by atoms with Gasteiger partial charge in [0.1, 0.15) is 0 Å². The Labute approximate surface area is 114 Å². The van der Waals surface area contributed by atoms with E-state index in [2.05, 4.69) is 0 Å². The van der Waals surface area contributed by atoms with Crippen molar-refractivity contribution in [1.29, 1.82) is 0 Å². The SMILES string of the molecule is O=C(O)[C@H]1CCN(C(=O)CCc2ccc(Cl)s2)C1. The second-order valence-corrected chi connectivity index (χ2v) is 6.17. The Hall–Kier alpha value is -1.07. The summed E-state index contributed by atoms with van der Waals surface area (Å²) in [5.74, 6) is -1.18. The summed E-state index contributed by atoms with van der Waals surface area (Å²) < 4.78 is 0.726. The number of amides is 1. The number of likely N-dealkylation sites (tertiary alicyclic amines) is 1. The minimum Gasteiger partial charge on any atom is -0.481 e. The first kappa shape index (κ1) is 13.4. The maximum Gasteiger partial charge on any atom is 0.308 e. The van der Waals surface area contributed by atoms with Crippen molar-refractivity contribution < 1.29 is 14.7 Å². The topological polar surface area (TPSA) is 57.6 Å². The van der Waals surface area contributed by atoms with Crippen LogP contribution in [0.5, 0.6) is 0 Å². The number of hydrogen-bond donors (Lipinski definition) is 1. The van der Waals surface area contributed by atoms with E-state index in [1.165, 1.54) is 11.3 Å². The first-order chi connectivity index (χ1) is 8.56. The molecule has 0 bridgehead atoms. The Morgan fingerprint density at radius 1 is 1.50 bits per heavy atom. The Morgan fingerprint density at radius 3 is 2.83 bits per heavy atom. The zero-order chi connectivity index (χ0) is 13.1. The number of nitrogens with zero attached hydrogens (tertiary/aromatic N) is 1. The molecule has 18 heavy (non-hydrogen) atoms. The Bertz CT molecular complexity index is 460. The lowest BCUT2D eigenvalue weighted by atomic mass is 10.1. The zero-order valence-corrected chi connectivity index (χ0v) is 11.3. The summed E-state index contributed by atoms with van der Waals surface area (Å²) in [7, 11) is 0. The average molecular weight is 288 g/mol. The first-order valence-electron chi connectivity index (χ1n) is 5.81. The van der Waals surface area contributed by atoms with Gasteiger partial charge in [0.05, 0.1) is 10.3 Å². The second-order valence-electron chi connectivity index (χ2n) is 4.37. The molecule has 0 radical (unpaired) electrons. The van der Waals surface area contributed by atoms with Gasteiger partial charge < -0.3 is 10.0 Å². The molecule has 1 amide bonds. The van der Waals surface area contributed by atoms with Gasteiger partial charge >= 0.3 is 5.97 Å². The van der Waals surface area contributed by atoms with E-state index in [4.69, 9.17) is 16.7 Å². The third-order valence-corrected chi connectivity index (χ3v) is 4.40. The van der Waals surface area contributed by atoms with Crippen molar-refractivity contribution in [3.05, 3.63) is 21.3 Å². The minimum atomic E-state index is -0.810. The molecule has 0 aliphatic carbocycles. The fourth-order valence-corrected chi connectivity index (χ4v) is 3.15. The van der Waals surface area contributed by atoms with Gasteiger partial charge in [0.2, 0.25) is 5.91 Å². The molecule has 1 aliphatic rings. The van der Waals surface area contributed by atoms with Crippen LogP contribution in [0, 0.1) is 5.92 Å². The number of halogens is 1. The van der Waals surface area contributed by atoms with Crippen LogP contribution in [-0.2, 0) is 16.0 Å². The summed E-state index contributed by atoms with van der Waals surface area (Å²) in [6, 6.07) is 3.74. The Balaban J connectivity index is 1.80. The fourth-order valence-electron chi connectivity index (χ4n) is 2.06. The van der Waals surface area contributed by atoms with Crippen molar-refractivity contribution in [3.63, 3.8) is 0 Å². The van der Waals surface area contributed by atoms with Crippen molar-refractivity contribution in [2.24, 2.45) is 5.92 Å². The first-order valence-corrected chi connectivity index (χ1v) is 7.00. The van der Waals surface area contributed by atoms with Gasteiger partial charge in [-0.3, -0.25) is 9.59 Å². The maximum atomic E-state index is 11.9. The zero-order valence-electron chi connectivity index (χ0n) is 9.76. The van der Waals surface area contributed by atoms with E-state index in [1.807, 2.05) is 12.1 Å². The van der Waals surface area contributed by atoms with E-state index in [0.717, 1.165) is 9.21 Å².